The number of aromatic nitrogens is 3. The van der Waals surface area contributed by atoms with Crippen molar-refractivity contribution in [1.82, 2.24) is 15.2 Å². The molecule has 0 radical (unpaired) electrons. The molecule has 116 valence electrons. The van der Waals surface area contributed by atoms with E-state index in [1.807, 2.05) is 0 Å². The van der Waals surface area contributed by atoms with Crippen molar-refractivity contribution in [3.05, 3.63) is 38.9 Å². The van der Waals surface area contributed by atoms with Gasteiger partial charge in [-0.25, -0.2) is 9.89 Å². The number of halogens is 1. The van der Waals surface area contributed by atoms with Gasteiger partial charge in [0, 0.05) is 0 Å². The number of ether oxygens (including phenoxy) is 2. The lowest BCUT2D eigenvalue weighted by Gasteiger charge is -2.09. The van der Waals surface area contributed by atoms with Crippen molar-refractivity contribution >= 4 is 23.6 Å². The monoisotopic (exact) mass is 323 g/mol. The maximum Gasteiger partial charge on any atom is 0.363 e. The summed E-state index contributed by atoms with van der Waals surface area (Å²) in [6.45, 7) is 1.69. The SMILES string of the molecule is COc1cc(/C=N/Nc2nc(=O)[nH]nc2C)cc(Cl)c1OC. The molecule has 0 unspecified atom stereocenters. The van der Waals surface area contributed by atoms with E-state index in [2.05, 4.69) is 25.7 Å². The molecule has 1 heterocycles. The number of nitrogens with zero attached hydrogens (tertiary/aromatic N) is 3. The third-order valence-corrected chi connectivity index (χ3v) is 3.00. The van der Waals surface area contributed by atoms with Gasteiger partial charge >= 0.3 is 5.69 Å². The van der Waals surface area contributed by atoms with E-state index in [1.165, 1.54) is 20.4 Å². The van der Waals surface area contributed by atoms with Gasteiger partial charge in [-0.05, 0) is 24.6 Å². The van der Waals surface area contributed by atoms with Gasteiger partial charge in [-0.1, -0.05) is 11.6 Å². The van der Waals surface area contributed by atoms with E-state index < -0.39 is 5.69 Å². The standard InChI is InChI=1S/C13H14ClN5O3/c1-7-12(16-13(20)19-17-7)18-15-6-8-4-9(14)11(22-3)10(5-8)21-2/h4-6H,1-3H3,(H2,16,18,19,20)/b15-6+. The highest BCUT2D eigenvalue weighted by atomic mass is 35.5. The van der Waals surface area contributed by atoms with Gasteiger partial charge in [0.25, 0.3) is 0 Å². The molecule has 1 aromatic heterocycles. The summed E-state index contributed by atoms with van der Waals surface area (Å²) in [6, 6.07) is 3.39. The van der Waals surface area contributed by atoms with Crippen LogP contribution in [0.3, 0.4) is 0 Å². The minimum Gasteiger partial charge on any atom is -0.493 e. The average molecular weight is 324 g/mol. The molecule has 0 saturated carbocycles. The molecule has 0 aliphatic rings. The molecule has 2 rings (SSSR count). The van der Waals surface area contributed by atoms with Gasteiger partial charge in [0.15, 0.2) is 17.3 Å². The summed E-state index contributed by atoms with van der Waals surface area (Å²) >= 11 is 6.10. The number of hydrogen-bond acceptors (Lipinski definition) is 7. The van der Waals surface area contributed by atoms with Crippen molar-refractivity contribution in [1.29, 1.82) is 0 Å². The van der Waals surface area contributed by atoms with Crippen molar-refractivity contribution in [2.75, 3.05) is 19.6 Å². The first-order valence-corrected chi connectivity index (χ1v) is 6.57. The second-order valence-electron chi connectivity index (χ2n) is 4.18. The molecular formula is C13H14ClN5O3. The van der Waals surface area contributed by atoms with Crippen molar-refractivity contribution < 1.29 is 9.47 Å². The highest BCUT2D eigenvalue weighted by Gasteiger charge is 2.10. The van der Waals surface area contributed by atoms with Gasteiger partial charge in [0.05, 0.1) is 25.5 Å². The molecular weight excluding hydrogens is 310 g/mol. The zero-order valence-corrected chi connectivity index (χ0v) is 12.9. The van der Waals surface area contributed by atoms with Gasteiger partial charge in [0.2, 0.25) is 0 Å². The third-order valence-electron chi connectivity index (χ3n) is 2.72. The molecule has 0 saturated heterocycles. The Kier molecular flexibility index (Phi) is 4.95. The summed E-state index contributed by atoms with van der Waals surface area (Å²) in [5.41, 5.74) is 3.29. The third kappa shape index (κ3) is 3.53. The minimum absolute atomic E-state index is 0.270. The summed E-state index contributed by atoms with van der Waals surface area (Å²) in [7, 11) is 3.02. The Morgan fingerprint density at radius 3 is 2.82 bits per heavy atom. The average Bonchev–Trinajstić information content (AvgIpc) is 2.50. The highest BCUT2D eigenvalue weighted by molar-refractivity contribution is 6.32. The number of methoxy groups -OCH3 is 2. The number of benzene rings is 1. The quantitative estimate of drug-likeness (QED) is 0.640. The van der Waals surface area contributed by atoms with E-state index >= 15 is 0 Å². The predicted octanol–water partition coefficient (Wildman–Crippen LogP) is 1.59. The predicted molar refractivity (Wildman–Crippen MR) is 83.2 cm³/mol. The second-order valence-corrected chi connectivity index (χ2v) is 4.59. The van der Waals surface area contributed by atoms with Crippen LogP contribution < -0.4 is 20.6 Å². The number of aromatic amines is 1. The first-order valence-electron chi connectivity index (χ1n) is 6.19. The molecule has 0 aliphatic carbocycles. The van der Waals surface area contributed by atoms with Crippen molar-refractivity contribution in [3.63, 3.8) is 0 Å². The highest BCUT2D eigenvalue weighted by Crippen LogP contribution is 2.35. The van der Waals surface area contributed by atoms with Gasteiger partial charge in [-0.2, -0.15) is 15.2 Å². The number of anilines is 1. The smallest absolute Gasteiger partial charge is 0.363 e. The van der Waals surface area contributed by atoms with Gasteiger partial charge < -0.3 is 9.47 Å². The molecule has 2 N–H and O–H groups in total. The first-order chi connectivity index (χ1) is 10.5. The first kappa shape index (κ1) is 15.8. The van der Waals surface area contributed by atoms with Crippen LogP contribution >= 0.6 is 11.6 Å². The Morgan fingerprint density at radius 2 is 2.14 bits per heavy atom. The molecule has 0 spiro atoms. The lowest BCUT2D eigenvalue weighted by atomic mass is 10.2. The van der Waals surface area contributed by atoms with Crippen LogP contribution in [-0.4, -0.2) is 35.6 Å². The van der Waals surface area contributed by atoms with Crippen molar-refractivity contribution in [2.45, 2.75) is 6.92 Å². The fourth-order valence-corrected chi connectivity index (χ4v) is 1.97. The van der Waals surface area contributed by atoms with Crippen LogP contribution in [0.15, 0.2) is 22.0 Å². The summed E-state index contributed by atoms with van der Waals surface area (Å²) in [6.07, 6.45) is 1.51. The van der Waals surface area contributed by atoms with Crippen LogP contribution in [0.2, 0.25) is 5.02 Å². The Labute approximate surface area is 131 Å². The molecule has 22 heavy (non-hydrogen) atoms. The Balaban J connectivity index is 2.22. The van der Waals surface area contributed by atoms with Crippen LogP contribution in [0.5, 0.6) is 11.5 Å². The van der Waals surface area contributed by atoms with Gasteiger partial charge in [-0.3, -0.25) is 5.43 Å². The van der Waals surface area contributed by atoms with Crippen LogP contribution in [0.4, 0.5) is 5.82 Å². The number of aryl methyl sites for hydroxylation is 1. The molecule has 2 aromatic rings. The zero-order chi connectivity index (χ0) is 16.1. The maximum atomic E-state index is 11.1. The summed E-state index contributed by atoms with van der Waals surface area (Å²) in [4.78, 5) is 14.8. The van der Waals surface area contributed by atoms with Crippen molar-refractivity contribution in [3.8, 4) is 11.5 Å². The minimum atomic E-state index is -0.558. The normalized spacial score (nSPS) is 10.7. The van der Waals surface area contributed by atoms with Crippen LogP contribution in [-0.2, 0) is 0 Å². The molecule has 0 aliphatic heterocycles. The topological polar surface area (TPSA) is 101 Å². The second kappa shape index (κ2) is 6.90. The number of nitrogens with one attached hydrogen (secondary N) is 2. The van der Waals surface area contributed by atoms with Crippen LogP contribution in [0.25, 0.3) is 0 Å². The molecule has 9 heteroatoms. The van der Waals surface area contributed by atoms with Gasteiger partial charge in [0.1, 0.15) is 5.69 Å². The van der Waals surface area contributed by atoms with E-state index in [1.54, 1.807) is 19.1 Å². The molecule has 0 amide bonds. The Bertz CT molecular complexity index is 760. The molecule has 8 nitrogen and oxygen atoms in total. The number of H-pyrrole nitrogens is 1. The number of hydrazone groups is 1. The molecule has 0 fully saturated rings. The van der Waals surface area contributed by atoms with E-state index in [4.69, 9.17) is 21.1 Å². The fraction of sp³-hybridized carbons (Fsp3) is 0.231. The maximum absolute atomic E-state index is 11.1. The molecule has 1 aromatic carbocycles. The van der Waals surface area contributed by atoms with E-state index in [-0.39, 0.29) is 5.82 Å². The Morgan fingerprint density at radius 1 is 1.36 bits per heavy atom. The van der Waals surface area contributed by atoms with E-state index in [0.717, 1.165) is 0 Å². The zero-order valence-electron chi connectivity index (χ0n) is 12.2. The van der Waals surface area contributed by atoms with Crippen LogP contribution in [0, 0.1) is 6.92 Å². The van der Waals surface area contributed by atoms with Gasteiger partial charge in [-0.15, -0.1) is 0 Å². The summed E-state index contributed by atoms with van der Waals surface area (Å²) in [5, 5.41) is 10.4. The van der Waals surface area contributed by atoms with Crippen LogP contribution in [0.1, 0.15) is 11.3 Å². The Hall–Kier alpha value is -2.61. The van der Waals surface area contributed by atoms with E-state index in [0.29, 0.717) is 27.8 Å². The number of rotatable bonds is 5. The largest absolute Gasteiger partial charge is 0.493 e. The summed E-state index contributed by atoms with van der Waals surface area (Å²) in [5.74, 6) is 1.21. The van der Waals surface area contributed by atoms with E-state index in [9.17, 15) is 4.79 Å². The molecule has 0 bridgehead atoms. The summed E-state index contributed by atoms with van der Waals surface area (Å²) < 4.78 is 10.3. The lowest BCUT2D eigenvalue weighted by Crippen LogP contribution is -2.15. The lowest BCUT2D eigenvalue weighted by molar-refractivity contribution is 0.355. The molecule has 0 atom stereocenters. The van der Waals surface area contributed by atoms with Crippen molar-refractivity contribution in [2.24, 2.45) is 5.10 Å². The number of hydrogen-bond donors (Lipinski definition) is 2. The fourth-order valence-electron chi connectivity index (χ4n) is 1.68.